The maximum atomic E-state index is 11.5. The third kappa shape index (κ3) is 1.25. The van der Waals surface area contributed by atoms with Crippen LogP contribution in [-0.2, 0) is 28.8 Å². The predicted molar refractivity (Wildman–Crippen MR) is 63.8 cm³/mol. The van der Waals surface area contributed by atoms with Gasteiger partial charge < -0.3 is 10.1 Å². The molecule has 0 atom stereocenters. The summed E-state index contributed by atoms with van der Waals surface area (Å²) >= 11 is 0. The van der Waals surface area contributed by atoms with Crippen LogP contribution in [0.5, 0.6) is 0 Å². The van der Waals surface area contributed by atoms with Gasteiger partial charge in [-0.2, -0.15) is 0 Å². The van der Waals surface area contributed by atoms with Gasteiger partial charge in [-0.1, -0.05) is 6.07 Å². The molecule has 3 nitrogen and oxygen atoms in total. The summed E-state index contributed by atoms with van der Waals surface area (Å²) in [6.07, 6.45) is 4.35. The van der Waals surface area contributed by atoms with E-state index in [1.165, 1.54) is 41.6 Å². The van der Waals surface area contributed by atoms with Crippen LogP contribution in [0.25, 0.3) is 0 Å². The van der Waals surface area contributed by atoms with E-state index in [9.17, 15) is 4.79 Å². The number of fused-ring (bicyclic) bond motifs is 2. The zero-order valence-corrected chi connectivity index (χ0v) is 9.51. The highest BCUT2D eigenvalue weighted by Crippen LogP contribution is 2.35. The Balaban J connectivity index is 1.81. The lowest BCUT2D eigenvalue weighted by atomic mass is 9.95. The van der Waals surface area contributed by atoms with Crippen molar-refractivity contribution in [1.29, 1.82) is 0 Å². The van der Waals surface area contributed by atoms with Crippen molar-refractivity contribution in [2.75, 3.05) is 11.9 Å². The standard InChI is InChI=1S/C14H13NO2/c16-14-11-5-10-4-8-2-1-3-9(8)6-12(10)15-13(11)7-17-14/h4,6,15H,1-3,5,7H2. The topological polar surface area (TPSA) is 38.3 Å². The van der Waals surface area contributed by atoms with Gasteiger partial charge in [0.15, 0.2) is 0 Å². The number of cyclic esters (lactones) is 1. The number of anilines is 1. The Bertz CT molecular complexity index is 572. The van der Waals surface area contributed by atoms with Crippen LogP contribution in [0.2, 0.25) is 0 Å². The fourth-order valence-corrected chi connectivity index (χ4v) is 3.02. The summed E-state index contributed by atoms with van der Waals surface area (Å²) in [5.74, 6) is -0.154. The number of nitrogens with one attached hydrogen (secondary N) is 1. The van der Waals surface area contributed by atoms with Crippen molar-refractivity contribution >= 4 is 11.7 Å². The van der Waals surface area contributed by atoms with Crippen molar-refractivity contribution in [3.63, 3.8) is 0 Å². The molecule has 86 valence electrons. The summed E-state index contributed by atoms with van der Waals surface area (Å²) in [5.41, 5.74) is 7.10. The van der Waals surface area contributed by atoms with E-state index in [0.29, 0.717) is 6.61 Å². The molecule has 0 radical (unpaired) electrons. The van der Waals surface area contributed by atoms with Gasteiger partial charge in [-0.05, 0) is 42.0 Å². The maximum Gasteiger partial charge on any atom is 0.336 e. The van der Waals surface area contributed by atoms with E-state index in [4.69, 9.17) is 4.74 Å². The monoisotopic (exact) mass is 227 g/mol. The van der Waals surface area contributed by atoms with Crippen LogP contribution in [0.15, 0.2) is 23.4 Å². The molecule has 0 bridgehead atoms. The van der Waals surface area contributed by atoms with E-state index < -0.39 is 0 Å². The Kier molecular flexibility index (Phi) is 1.71. The lowest BCUT2D eigenvalue weighted by Crippen LogP contribution is -2.13. The highest BCUT2D eigenvalue weighted by atomic mass is 16.5. The summed E-state index contributed by atoms with van der Waals surface area (Å²) in [5, 5.41) is 3.35. The molecule has 17 heavy (non-hydrogen) atoms. The smallest absolute Gasteiger partial charge is 0.336 e. The molecular formula is C14H13NO2. The van der Waals surface area contributed by atoms with Gasteiger partial charge in [-0.25, -0.2) is 4.79 Å². The molecule has 0 spiro atoms. The van der Waals surface area contributed by atoms with Crippen LogP contribution in [0.4, 0.5) is 5.69 Å². The van der Waals surface area contributed by atoms with Gasteiger partial charge in [-0.3, -0.25) is 0 Å². The number of carbonyl (C=O) groups is 1. The van der Waals surface area contributed by atoms with Crippen molar-refractivity contribution < 1.29 is 9.53 Å². The fraction of sp³-hybridized carbons (Fsp3) is 0.357. The van der Waals surface area contributed by atoms with Gasteiger partial charge in [0.1, 0.15) is 6.61 Å². The minimum Gasteiger partial charge on any atom is -0.456 e. The second-order valence-electron chi connectivity index (χ2n) is 4.97. The average molecular weight is 227 g/mol. The number of rotatable bonds is 0. The minimum absolute atomic E-state index is 0.154. The third-order valence-electron chi connectivity index (χ3n) is 3.93. The molecule has 0 fully saturated rings. The third-order valence-corrected chi connectivity index (χ3v) is 3.93. The quantitative estimate of drug-likeness (QED) is 0.688. The molecule has 0 saturated carbocycles. The number of aryl methyl sites for hydroxylation is 2. The van der Waals surface area contributed by atoms with Crippen molar-refractivity contribution in [2.45, 2.75) is 25.7 Å². The molecule has 2 heterocycles. The van der Waals surface area contributed by atoms with Crippen molar-refractivity contribution in [1.82, 2.24) is 0 Å². The van der Waals surface area contributed by atoms with Gasteiger partial charge in [-0.15, -0.1) is 0 Å². The Hall–Kier alpha value is -1.77. The molecule has 0 amide bonds. The normalized spacial score (nSPS) is 20.6. The summed E-state index contributed by atoms with van der Waals surface area (Å²) < 4.78 is 5.06. The molecule has 0 aromatic heterocycles. The van der Waals surface area contributed by atoms with E-state index in [2.05, 4.69) is 17.4 Å². The molecule has 2 aliphatic heterocycles. The van der Waals surface area contributed by atoms with Gasteiger partial charge in [0.25, 0.3) is 0 Å². The number of hydrogen-bond acceptors (Lipinski definition) is 3. The van der Waals surface area contributed by atoms with Crippen LogP contribution in [0.1, 0.15) is 23.1 Å². The van der Waals surface area contributed by atoms with E-state index in [0.717, 1.165) is 17.7 Å². The summed E-state index contributed by atoms with van der Waals surface area (Å²) in [6, 6.07) is 4.52. The first-order valence-corrected chi connectivity index (χ1v) is 6.12. The Morgan fingerprint density at radius 3 is 2.82 bits per heavy atom. The van der Waals surface area contributed by atoms with Crippen molar-refractivity contribution in [2.24, 2.45) is 0 Å². The lowest BCUT2D eigenvalue weighted by molar-refractivity contribution is -0.136. The molecular weight excluding hydrogens is 214 g/mol. The van der Waals surface area contributed by atoms with Crippen molar-refractivity contribution in [3.8, 4) is 0 Å². The first kappa shape index (κ1) is 9.28. The van der Waals surface area contributed by atoms with E-state index in [1.54, 1.807) is 0 Å². The molecule has 3 heteroatoms. The number of hydrogen-bond donors (Lipinski definition) is 1. The van der Waals surface area contributed by atoms with Gasteiger partial charge in [0.05, 0.1) is 11.3 Å². The van der Waals surface area contributed by atoms with Crippen molar-refractivity contribution in [3.05, 3.63) is 40.1 Å². The molecule has 0 unspecified atom stereocenters. The Morgan fingerprint density at radius 1 is 1.12 bits per heavy atom. The number of benzene rings is 1. The Labute approximate surface area is 99.5 Å². The largest absolute Gasteiger partial charge is 0.456 e. The van der Waals surface area contributed by atoms with Gasteiger partial charge in [0.2, 0.25) is 0 Å². The second kappa shape index (κ2) is 3.13. The van der Waals surface area contributed by atoms with Crippen LogP contribution >= 0.6 is 0 Å². The zero-order chi connectivity index (χ0) is 11.4. The highest BCUT2D eigenvalue weighted by molar-refractivity contribution is 5.94. The van der Waals surface area contributed by atoms with E-state index in [-0.39, 0.29) is 5.97 Å². The molecule has 0 saturated heterocycles. The zero-order valence-electron chi connectivity index (χ0n) is 9.51. The summed E-state index contributed by atoms with van der Waals surface area (Å²) in [6.45, 7) is 0.407. The fourth-order valence-electron chi connectivity index (χ4n) is 3.02. The molecule has 1 aromatic carbocycles. The predicted octanol–water partition coefficient (Wildman–Crippen LogP) is 1.95. The lowest BCUT2D eigenvalue weighted by Gasteiger charge is -2.19. The molecule has 1 N–H and O–H groups in total. The van der Waals surface area contributed by atoms with E-state index in [1.807, 2.05) is 0 Å². The van der Waals surface area contributed by atoms with Crippen LogP contribution < -0.4 is 5.32 Å². The molecule has 1 aromatic rings. The SMILES string of the molecule is O=C1OCC2=C1Cc1cc3c(cc1N2)CCC3. The summed E-state index contributed by atoms with van der Waals surface area (Å²) in [4.78, 5) is 11.5. The van der Waals surface area contributed by atoms with Crippen LogP contribution in [-0.4, -0.2) is 12.6 Å². The average Bonchev–Trinajstić information content (AvgIpc) is 2.91. The van der Waals surface area contributed by atoms with Gasteiger partial charge in [0, 0.05) is 12.1 Å². The number of carbonyl (C=O) groups excluding carboxylic acids is 1. The second-order valence-corrected chi connectivity index (χ2v) is 4.97. The molecule has 4 rings (SSSR count). The maximum absolute atomic E-state index is 11.5. The molecule has 1 aliphatic carbocycles. The van der Waals surface area contributed by atoms with E-state index >= 15 is 0 Å². The first-order valence-electron chi connectivity index (χ1n) is 6.12. The van der Waals surface area contributed by atoms with Crippen LogP contribution in [0.3, 0.4) is 0 Å². The number of esters is 1. The van der Waals surface area contributed by atoms with Crippen LogP contribution in [0, 0.1) is 0 Å². The Morgan fingerprint density at radius 2 is 1.94 bits per heavy atom. The first-order chi connectivity index (χ1) is 8.31. The highest BCUT2D eigenvalue weighted by Gasteiger charge is 2.30. The van der Waals surface area contributed by atoms with Gasteiger partial charge >= 0.3 is 5.97 Å². The molecule has 3 aliphatic rings. The number of ether oxygens (including phenoxy) is 1. The minimum atomic E-state index is -0.154. The summed E-state index contributed by atoms with van der Waals surface area (Å²) in [7, 11) is 0.